The fourth-order valence-corrected chi connectivity index (χ4v) is 5.71. The summed E-state index contributed by atoms with van der Waals surface area (Å²) in [6, 6.07) is 11.5. The molecule has 3 heterocycles. The lowest BCUT2D eigenvalue weighted by Gasteiger charge is -2.44. The first-order valence-electron chi connectivity index (χ1n) is 10.9. The van der Waals surface area contributed by atoms with Gasteiger partial charge in [0, 0.05) is 47.8 Å². The lowest BCUT2D eigenvalue weighted by molar-refractivity contribution is -0.139. The first-order valence-corrected chi connectivity index (χ1v) is 11.3. The Bertz CT molecular complexity index is 975. The summed E-state index contributed by atoms with van der Waals surface area (Å²) in [4.78, 5) is 28.4. The molecule has 1 saturated carbocycles. The molecule has 4 nitrogen and oxygen atoms in total. The number of aromatic nitrogens is 1. The van der Waals surface area contributed by atoms with E-state index in [2.05, 4.69) is 11.0 Å². The molecule has 1 saturated heterocycles. The van der Waals surface area contributed by atoms with Crippen LogP contribution in [0.2, 0.25) is 5.02 Å². The van der Waals surface area contributed by atoms with Gasteiger partial charge in [0.1, 0.15) is 0 Å². The van der Waals surface area contributed by atoms with Gasteiger partial charge in [0.15, 0.2) is 0 Å². The molecular weight excluding hydrogens is 384 g/mol. The van der Waals surface area contributed by atoms with E-state index in [0.29, 0.717) is 23.4 Å². The molecule has 1 aromatic heterocycles. The number of hydrogen-bond donors (Lipinski definition) is 0. The Hall–Kier alpha value is -2.07. The Labute approximate surface area is 176 Å². The maximum atomic E-state index is 13.2. The Morgan fingerprint density at radius 1 is 0.931 bits per heavy atom. The lowest BCUT2D eigenvalue weighted by Crippen LogP contribution is -2.50. The van der Waals surface area contributed by atoms with E-state index >= 15 is 0 Å². The second-order valence-electron chi connectivity index (χ2n) is 8.97. The Morgan fingerprint density at radius 2 is 1.69 bits per heavy atom. The number of likely N-dealkylation sites (tertiary alicyclic amines) is 1. The van der Waals surface area contributed by atoms with Gasteiger partial charge in [0.25, 0.3) is 5.56 Å². The summed E-state index contributed by atoms with van der Waals surface area (Å²) < 4.78 is 1.96. The molecule has 2 fully saturated rings. The average molecular weight is 411 g/mol. The van der Waals surface area contributed by atoms with Gasteiger partial charge < -0.3 is 9.47 Å². The van der Waals surface area contributed by atoms with E-state index in [4.69, 9.17) is 11.6 Å². The summed E-state index contributed by atoms with van der Waals surface area (Å²) in [6.07, 6.45) is 6.80. The van der Waals surface area contributed by atoms with Crippen LogP contribution in [-0.4, -0.2) is 28.5 Å². The average Bonchev–Trinajstić information content (AvgIpc) is 2.75. The molecule has 5 heteroatoms. The van der Waals surface area contributed by atoms with Gasteiger partial charge >= 0.3 is 0 Å². The molecule has 29 heavy (non-hydrogen) atoms. The van der Waals surface area contributed by atoms with Gasteiger partial charge in [-0.25, -0.2) is 0 Å². The molecule has 1 aliphatic carbocycles. The monoisotopic (exact) mass is 410 g/mol. The molecule has 5 rings (SSSR count). The van der Waals surface area contributed by atoms with Gasteiger partial charge in [-0.1, -0.05) is 43.0 Å². The number of piperidine rings is 1. The van der Waals surface area contributed by atoms with Gasteiger partial charge in [0.05, 0.1) is 0 Å². The van der Waals surface area contributed by atoms with E-state index in [1.54, 1.807) is 0 Å². The van der Waals surface area contributed by atoms with Crippen LogP contribution in [0.15, 0.2) is 41.2 Å². The van der Waals surface area contributed by atoms with E-state index in [9.17, 15) is 9.59 Å². The maximum absolute atomic E-state index is 13.2. The summed E-state index contributed by atoms with van der Waals surface area (Å²) in [5.74, 6) is 1.21. The Morgan fingerprint density at radius 3 is 2.45 bits per heavy atom. The van der Waals surface area contributed by atoms with Crippen molar-refractivity contribution in [1.29, 1.82) is 0 Å². The highest BCUT2D eigenvalue weighted by Crippen LogP contribution is 2.37. The van der Waals surface area contributed by atoms with E-state index < -0.39 is 0 Å². The molecule has 0 radical (unpaired) electrons. The zero-order valence-corrected chi connectivity index (χ0v) is 17.4. The largest absolute Gasteiger partial charge is 0.341 e. The molecule has 1 aromatic carbocycles. The quantitative estimate of drug-likeness (QED) is 0.720. The third-order valence-corrected chi connectivity index (χ3v) is 7.28. The molecule has 2 aliphatic heterocycles. The van der Waals surface area contributed by atoms with Crippen LogP contribution in [-0.2, 0) is 11.3 Å². The van der Waals surface area contributed by atoms with Crippen LogP contribution in [0.1, 0.15) is 50.1 Å². The first kappa shape index (κ1) is 18.9. The normalized spacial score (nSPS) is 24.2. The van der Waals surface area contributed by atoms with Crippen molar-refractivity contribution in [2.75, 3.05) is 13.1 Å². The van der Waals surface area contributed by atoms with Crippen molar-refractivity contribution >= 4 is 17.5 Å². The van der Waals surface area contributed by atoms with Crippen LogP contribution in [0, 0.1) is 11.8 Å². The summed E-state index contributed by atoms with van der Waals surface area (Å²) >= 11 is 6.00. The number of pyridine rings is 1. The summed E-state index contributed by atoms with van der Waals surface area (Å²) in [7, 11) is 0. The van der Waals surface area contributed by atoms with E-state index in [-0.39, 0.29) is 17.4 Å². The zero-order chi connectivity index (χ0) is 20.0. The van der Waals surface area contributed by atoms with Gasteiger partial charge in [0.2, 0.25) is 5.91 Å². The zero-order valence-electron chi connectivity index (χ0n) is 16.6. The van der Waals surface area contributed by atoms with E-state index in [1.807, 2.05) is 34.9 Å². The van der Waals surface area contributed by atoms with Crippen LogP contribution in [0.5, 0.6) is 0 Å². The van der Waals surface area contributed by atoms with Crippen molar-refractivity contribution in [3.8, 4) is 11.1 Å². The minimum atomic E-state index is 0.0755. The van der Waals surface area contributed by atoms with Crippen LogP contribution in [0.4, 0.5) is 0 Å². The molecule has 0 spiro atoms. The number of amides is 1. The molecule has 2 atom stereocenters. The Kier molecular flexibility index (Phi) is 4.99. The number of hydrogen-bond acceptors (Lipinski definition) is 2. The summed E-state index contributed by atoms with van der Waals surface area (Å²) in [5, 5.41) is 0.670. The van der Waals surface area contributed by atoms with Gasteiger partial charge in [-0.3, -0.25) is 9.59 Å². The molecule has 3 aliphatic rings. The second kappa shape index (κ2) is 7.64. The van der Waals surface area contributed by atoms with Crippen molar-refractivity contribution in [3.63, 3.8) is 0 Å². The number of benzene rings is 1. The minimum Gasteiger partial charge on any atom is -0.341 e. The van der Waals surface area contributed by atoms with Crippen molar-refractivity contribution in [2.45, 2.75) is 51.0 Å². The number of nitrogens with zero attached hydrogens (tertiary/aromatic N) is 2. The first-order chi connectivity index (χ1) is 14.1. The molecular formula is C24H27ClN2O2. The van der Waals surface area contributed by atoms with Crippen LogP contribution >= 0.6 is 11.6 Å². The molecule has 0 unspecified atom stereocenters. The van der Waals surface area contributed by atoms with Crippen molar-refractivity contribution in [2.24, 2.45) is 11.8 Å². The summed E-state index contributed by atoms with van der Waals surface area (Å²) in [6.45, 7) is 2.26. The molecule has 0 N–H and O–H groups in total. The van der Waals surface area contributed by atoms with Crippen LogP contribution < -0.4 is 5.56 Å². The fourth-order valence-electron chi connectivity index (χ4n) is 5.58. The number of halogens is 1. The number of rotatable bonds is 2. The van der Waals surface area contributed by atoms with E-state index in [1.165, 1.54) is 19.3 Å². The second-order valence-corrected chi connectivity index (χ2v) is 9.41. The highest BCUT2D eigenvalue weighted by atomic mass is 35.5. The third-order valence-electron chi connectivity index (χ3n) is 7.03. The number of fused-ring (bicyclic) bond motifs is 4. The molecule has 1 amide bonds. The predicted octanol–water partition coefficient (Wildman–Crippen LogP) is 4.69. The van der Waals surface area contributed by atoms with E-state index in [0.717, 1.165) is 49.2 Å². The fraction of sp³-hybridized carbons (Fsp3) is 0.500. The van der Waals surface area contributed by atoms with Crippen molar-refractivity contribution in [1.82, 2.24) is 9.47 Å². The number of carbonyl (C=O) groups excluding carboxylic acids is 1. The standard InChI is InChI=1S/C24H27ClN2O2/c25-20-8-6-17(7-9-20)21-10-11-22-19-12-16(14-27(22)24(21)29)13-26(15-19)23(28)18-4-2-1-3-5-18/h6-11,16,18-19H,1-5,12-15H2/t16-,19-/m1/s1. The van der Waals surface area contributed by atoms with Crippen molar-refractivity contribution in [3.05, 3.63) is 57.5 Å². The SMILES string of the molecule is O=C(C1CCCCC1)N1C[C@H]2C[C@H](C1)c1ccc(-c3ccc(Cl)cc3)c(=O)n1C2. The highest BCUT2D eigenvalue weighted by Gasteiger charge is 2.38. The maximum Gasteiger partial charge on any atom is 0.258 e. The topological polar surface area (TPSA) is 42.3 Å². The predicted molar refractivity (Wildman–Crippen MR) is 115 cm³/mol. The van der Waals surface area contributed by atoms with Crippen molar-refractivity contribution < 1.29 is 4.79 Å². The molecule has 2 aromatic rings. The highest BCUT2D eigenvalue weighted by molar-refractivity contribution is 6.30. The molecule has 152 valence electrons. The number of carbonyl (C=O) groups is 1. The lowest BCUT2D eigenvalue weighted by atomic mass is 9.81. The summed E-state index contributed by atoms with van der Waals surface area (Å²) in [5.41, 5.74) is 2.79. The Balaban J connectivity index is 1.42. The van der Waals surface area contributed by atoms with Gasteiger partial charge in [-0.2, -0.15) is 0 Å². The van der Waals surface area contributed by atoms with Gasteiger partial charge in [-0.15, -0.1) is 0 Å². The minimum absolute atomic E-state index is 0.0755. The smallest absolute Gasteiger partial charge is 0.258 e. The van der Waals surface area contributed by atoms with Crippen LogP contribution in [0.3, 0.4) is 0 Å². The van der Waals surface area contributed by atoms with Crippen LogP contribution in [0.25, 0.3) is 11.1 Å². The third kappa shape index (κ3) is 3.52. The van der Waals surface area contributed by atoms with Gasteiger partial charge in [-0.05, 0) is 55.0 Å². The molecule has 2 bridgehead atoms.